The van der Waals surface area contributed by atoms with Gasteiger partial charge >= 0.3 is 0 Å². The van der Waals surface area contributed by atoms with Crippen LogP contribution in [-0.2, 0) is 29.1 Å². The van der Waals surface area contributed by atoms with Crippen LogP contribution in [0.25, 0.3) is 44.1 Å². The second kappa shape index (κ2) is 14.0. The minimum Gasteiger partial charge on any atom is -0.310 e. The summed E-state index contributed by atoms with van der Waals surface area (Å²) in [5.74, 6) is -0.893. The Morgan fingerprint density at radius 2 is 1.22 bits per heavy atom. The number of nitrogens with zero attached hydrogens (tertiary/aromatic N) is 6. The molecule has 6 aromatic heterocycles. The van der Waals surface area contributed by atoms with E-state index in [1.165, 1.54) is 0 Å². The first-order valence-electron chi connectivity index (χ1n) is 19.9. The lowest BCUT2D eigenvalue weighted by Crippen LogP contribution is -2.24. The van der Waals surface area contributed by atoms with Gasteiger partial charge in [0.1, 0.15) is 24.0 Å². The number of fused-ring (bicyclic) bond motifs is 2. The maximum Gasteiger partial charge on any atom is 0.258 e. The van der Waals surface area contributed by atoms with Crippen molar-refractivity contribution in [2.24, 2.45) is 29.6 Å². The Morgan fingerprint density at radius 3 is 1.78 bits per heavy atom. The molecule has 6 heterocycles. The van der Waals surface area contributed by atoms with Crippen LogP contribution < -0.4 is 21.8 Å². The fraction of sp³-hybridized carbons (Fsp3) is 0.364. The van der Waals surface area contributed by atoms with Crippen LogP contribution in [-0.4, -0.2) is 53.2 Å². The van der Waals surface area contributed by atoms with Gasteiger partial charge in [0.15, 0.2) is 0 Å². The first kappa shape index (κ1) is 36.2. The average molecular weight is 783 g/mol. The van der Waals surface area contributed by atoms with E-state index in [4.69, 9.17) is 0 Å². The highest BCUT2D eigenvalue weighted by Crippen LogP contribution is 2.44. The number of pyridine rings is 6. The summed E-state index contributed by atoms with van der Waals surface area (Å²) < 4.78 is 30.7. The first-order valence-corrected chi connectivity index (χ1v) is 19.9. The van der Waals surface area contributed by atoms with Crippen LogP contribution in [0.1, 0.15) is 43.2 Å². The number of rotatable bonds is 12. The molecule has 2 amide bonds. The number of hydrogen-bond donors (Lipinski definition) is 2. The molecule has 4 fully saturated rings. The zero-order valence-electron chi connectivity index (χ0n) is 31.7. The van der Waals surface area contributed by atoms with E-state index in [1.807, 2.05) is 31.2 Å². The zero-order valence-corrected chi connectivity index (χ0v) is 31.7. The summed E-state index contributed by atoms with van der Waals surface area (Å²) in [5, 5.41) is 6.91. The summed E-state index contributed by atoms with van der Waals surface area (Å²) in [7, 11) is 0. The summed E-state index contributed by atoms with van der Waals surface area (Å²) in [5.41, 5.74) is 5.29. The lowest BCUT2D eigenvalue weighted by Gasteiger charge is -2.16. The van der Waals surface area contributed by atoms with E-state index in [9.17, 15) is 28.0 Å². The van der Waals surface area contributed by atoms with Gasteiger partial charge in [-0.25, -0.2) is 18.7 Å². The van der Waals surface area contributed by atoms with E-state index in [1.54, 1.807) is 58.4 Å². The molecule has 2 N–H and O–H groups in total. The number of carbonyl (C=O) groups is 2. The van der Waals surface area contributed by atoms with Gasteiger partial charge in [-0.1, -0.05) is 0 Å². The summed E-state index contributed by atoms with van der Waals surface area (Å²) in [6, 6.07) is 10.8. The molecular formula is C44H40F2N8O4. The highest BCUT2D eigenvalue weighted by molar-refractivity contribution is 5.97. The van der Waals surface area contributed by atoms with Crippen LogP contribution in [0.4, 0.5) is 20.4 Å². The van der Waals surface area contributed by atoms with Crippen molar-refractivity contribution in [3.8, 4) is 22.3 Å². The predicted octanol–water partition coefficient (Wildman–Crippen LogP) is 6.42. The van der Waals surface area contributed by atoms with E-state index >= 15 is 0 Å². The molecule has 12 nitrogen and oxygen atoms in total. The number of amides is 2. The molecule has 2 unspecified atom stereocenters. The maximum absolute atomic E-state index is 14.4. The molecule has 10 rings (SSSR count). The smallest absolute Gasteiger partial charge is 0.258 e. The fourth-order valence-corrected chi connectivity index (χ4v) is 8.19. The third-order valence-corrected chi connectivity index (χ3v) is 12.2. The maximum atomic E-state index is 14.4. The Morgan fingerprint density at radius 1 is 0.690 bits per heavy atom. The van der Waals surface area contributed by atoms with Crippen molar-refractivity contribution in [3.05, 3.63) is 105 Å². The number of halogens is 2. The van der Waals surface area contributed by atoms with Gasteiger partial charge in [-0.3, -0.25) is 29.1 Å². The summed E-state index contributed by atoms with van der Waals surface area (Å²) >= 11 is 0. The van der Waals surface area contributed by atoms with E-state index in [0.29, 0.717) is 47.6 Å². The van der Waals surface area contributed by atoms with Gasteiger partial charge in [0, 0.05) is 95.4 Å². The lowest BCUT2D eigenvalue weighted by molar-refractivity contribution is -0.118. The van der Waals surface area contributed by atoms with Gasteiger partial charge in [0.2, 0.25) is 11.8 Å². The van der Waals surface area contributed by atoms with E-state index in [-0.39, 0.29) is 47.4 Å². The van der Waals surface area contributed by atoms with Crippen molar-refractivity contribution >= 4 is 45.3 Å². The third kappa shape index (κ3) is 6.94. The normalized spacial score (nSPS) is 23.2. The molecule has 0 aliphatic heterocycles. The van der Waals surface area contributed by atoms with Crippen LogP contribution in [0.2, 0.25) is 0 Å². The molecule has 4 aliphatic carbocycles. The molecule has 6 aromatic rings. The minimum atomic E-state index is -1.15. The summed E-state index contributed by atoms with van der Waals surface area (Å²) in [6.07, 6.45) is 11.8. The Kier molecular flexibility index (Phi) is 8.75. The number of anilines is 2. The Hall–Kier alpha value is -6.18. The molecule has 0 bridgehead atoms. The monoisotopic (exact) mass is 782 g/mol. The predicted molar refractivity (Wildman–Crippen MR) is 214 cm³/mol. The number of carbonyl (C=O) groups excluding carboxylic acids is 2. The molecule has 4 saturated carbocycles. The number of nitrogens with one attached hydrogen (secondary N) is 2. The van der Waals surface area contributed by atoms with Crippen molar-refractivity contribution < 1.29 is 18.4 Å². The quantitative estimate of drug-likeness (QED) is 0.144. The molecule has 0 spiro atoms. The van der Waals surface area contributed by atoms with Crippen molar-refractivity contribution in [3.63, 3.8) is 0 Å². The Bertz CT molecular complexity index is 2800. The first-order chi connectivity index (χ1) is 28.1. The number of alkyl halides is 2. The standard InChI is InChI=1S/C44H40F2N8O4/c1-22-4-6-47-18-33(22)29-10-26-16-49-40(52-42(56)32-13-36(32)46)15-38(26)54(43(29)57)21-28-9-25(28)8-24-5-7-48-19-34(24)30-11-27-17-50-39(51-41(55)31-12-35(31)45)14-37(27)53(44(30)58)20-23-2-3-23/h4-7,10-11,14-19,23,25,28,31-32,35-36H,2-3,8-9,12-13,20-21H2,1H3,(H,49,52,56)(H,50,51,55)/t25?,28?,31-,32-,35-,36+/m0/s1. The average Bonchev–Trinajstić information content (AvgIpc) is 4.01. The second-order valence-electron chi connectivity index (χ2n) is 16.5. The summed E-state index contributed by atoms with van der Waals surface area (Å²) in [4.78, 5) is 71.4. The Balaban J connectivity index is 0.955. The largest absolute Gasteiger partial charge is 0.310 e. The van der Waals surface area contributed by atoms with E-state index in [2.05, 4.69) is 30.6 Å². The highest BCUT2D eigenvalue weighted by atomic mass is 19.1. The number of hydrogen-bond acceptors (Lipinski definition) is 8. The molecular weight excluding hydrogens is 743 g/mol. The topological polar surface area (TPSA) is 154 Å². The van der Waals surface area contributed by atoms with E-state index in [0.717, 1.165) is 52.3 Å². The van der Waals surface area contributed by atoms with Gasteiger partial charge < -0.3 is 19.8 Å². The van der Waals surface area contributed by atoms with Crippen LogP contribution in [0, 0.1) is 36.5 Å². The van der Waals surface area contributed by atoms with Gasteiger partial charge in [-0.05, 0) is 98.6 Å². The fourth-order valence-electron chi connectivity index (χ4n) is 8.19. The number of aromatic nitrogens is 6. The van der Waals surface area contributed by atoms with Crippen LogP contribution >= 0.6 is 0 Å². The van der Waals surface area contributed by atoms with Crippen LogP contribution in [0.3, 0.4) is 0 Å². The second-order valence-corrected chi connectivity index (χ2v) is 16.5. The van der Waals surface area contributed by atoms with Crippen molar-refractivity contribution in [1.82, 2.24) is 29.1 Å². The van der Waals surface area contributed by atoms with E-state index < -0.39 is 36.0 Å². The molecule has 4 aliphatic rings. The van der Waals surface area contributed by atoms with Crippen LogP contribution in [0.5, 0.6) is 0 Å². The van der Waals surface area contributed by atoms with Gasteiger partial charge in [0.25, 0.3) is 11.1 Å². The molecule has 14 heteroatoms. The van der Waals surface area contributed by atoms with Crippen molar-refractivity contribution in [2.45, 2.75) is 70.9 Å². The summed E-state index contributed by atoms with van der Waals surface area (Å²) in [6.45, 7) is 2.89. The number of aryl methyl sites for hydroxylation is 1. The molecule has 6 atom stereocenters. The van der Waals surface area contributed by atoms with Crippen molar-refractivity contribution in [1.29, 1.82) is 0 Å². The minimum absolute atomic E-state index is 0.140. The molecule has 58 heavy (non-hydrogen) atoms. The Labute approximate surface area is 330 Å². The van der Waals surface area contributed by atoms with Crippen LogP contribution in [0.15, 0.2) is 83.2 Å². The third-order valence-electron chi connectivity index (χ3n) is 12.2. The lowest BCUT2D eigenvalue weighted by atomic mass is 9.97. The van der Waals surface area contributed by atoms with Gasteiger partial charge in [-0.15, -0.1) is 0 Å². The molecule has 294 valence electrons. The molecule has 0 aromatic carbocycles. The van der Waals surface area contributed by atoms with Crippen molar-refractivity contribution in [2.75, 3.05) is 10.6 Å². The van der Waals surface area contributed by atoms with Gasteiger partial charge in [-0.2, -0.15) is 0 Å². The highest BCUT2D eigenvalue weighted by Gasteiger charge is 2.45. The van der Waals surface area contributed by atoms with Gasteiger partial charge in [0.05, 0.1) is 22.9 Å². The molecule has 0 radical (unpaired) electrons. The zero-order chi connectivity index (χ0) is 39.8. The molecule has 0 saturated heterocycles. The SMILES string of the molecule is Cc1ccncc1-c1cc2cnc(NC(=O)[C@H]3C[C@H]3F)cc2n(CC2CC2Cc2ccncc2-c2cc3cnc(NC(=O)[C@H]4C[C@@H]4F)cc3n(CC3CC3)c2=O)c1=O.